The van der Waals surface area contributed by atoms with Crippen LogP contribution in [0.5, 0.6) is 0 Å². The Bertz CT molecular complexity index is 276. The average molecular weight is 238 g/mol. The van der Waals surface area contributed by atoms with Gasteiger partial charge in [0.2, 0.25) is 5.91 Å². The van der Waals surface area contributed by atoms with Gasteiger partial charge < -0.3 is 11.1 Å². The molecule has 1 amide bonds. The van der Waals surface area contributed by atoms with Crippen molar-refractivity contribution in [2.45, 2.75) is 70.3 Å². The summed E-state index contributed by atoms with van der Waals surface area (Å²) in [5.41, 5.74) is 5.65. The lowest BCUT2D eigenvalue weighted by Gasteiger charge is -2.37. The molecule has 0 aromatic rings. The van der Waals surface area contributed by atoms with Crippen molar-refractivity contribution in [1.29, 1.82) is 0 Å². The molecule has 2 fully saturated rings. The molecule has 3 nitrogen and oxygen atoms in total. The van der Waals surface area contributed by atoms with E-state index in [-0.39, 0.29) is 16.9 Å². The number of nitrogens with two attached hydrogens (primary N) is 1. The van der Waals surface area contributed by atoms with Crippen molar-refractivity contribution in [1.82, 2.24) is 5.32 Å². The summed E-state index contributed by atoms with van der Waals surface area (Å²) in [5, 5.41) is 3.29. The predicted molar refractivity (Wildman–Crippen MR) is 69.6 cm³/mol. The first-order valence-electron chi connectivity index (χ1n) is 7.13. The van der Waals surface area contributed by atoms with Gasteiger partial charge in [0.25, 0.3) is 0 Å². The number of carbonyl (C=O) groups is 1. The molecule has 0 aromatic heterocycles. The molecular formula is C14H26N2O. The summed E-state index contributed by atoms with van der Waals surface area (Å²) in [6, 6.07) is 0. The van der Waals surface area contributed by atoms with Gasteiger partial charge in [0.1, 0.15) is 0 Å². The molecule has 2 rings (SSSR count). The largest absolute Gasteiger partial charge is 0.349 e. The summed E-state index contributed by atoms with van der Waals surface area (Å²) in [6.07, 6.45) is 10.3. The van der Waals surface area contributed by atoms with Gasteiger partial charge in [-0.2, -0.15) is 0 Å². The van der Waals surface area contributed by atoms with Crippen molar-refractivity contribution < 1.29 is 4.79 Å². The molecule has 0 spiro atoms. The molecule has 0 atom stereocenters. The third-order valence-electron chi connectivity index (χ3n) is 4.84. The Morgan fingerprint density at radius 3 is 2.12 bits per heavy atom. The minimum Gasteiger partial charge on any atom is -0.349 e. The van der Waals surface area contributed by atoms with Crippen LogP contribution >= 0.6 is 0 Å². The van der Waals surface area contributed by atoms with E-state index in [1.54, 1.807) is 0 Å². The molecule has 0 heterocycles. The number of carbonyl (C=O) groups excluding carboxylic acids is 1. The quantitative estimate of drug-likeness (QED) is 0.793. The van der Waals surface area contributed by atoms with Crippen LogP contribution in [0.3, 0.4) is 0 Å². The van der Waals surface area contributed by atoms with Gasteiger partial charge in [-0.05, 0) is 25.7 Å². The van der Waals surface area contributed by atoms with Crippen LogP contribution in [0.1, 0.15) is 64.7 Å². The molecule has 2 saturated carbocycles. The summed E-state index contributed by atoms with van der Waals surface area (Å²) < 4.78 is 0. The summed E-state index contributed by atoms with van der Waals surface area (Å²) >= 11 is 0. The molecule has 0 bridgehead atoms. The van der Waals surface area contributed by atoms with Crippen molar-refractivity contribution >= 4 is 5.91 Å². The van der Waals surface area contributed by atoms with E-state index in [2.05, 4.69) is 12.2 Å². The van der Waals surface area contributed by atoms with E-state index in [4.69, 9.17) is 5.73 Å². The fourth-order valence-corrected chi connectivity index (χ4v) is 3.38. The fraction of sp³-hybridized carbons (Fsp3) is 0.929. The molecule has 0 aromatic carbocycles. The average Bonchev–Trinajstić information content (AvgIpc) is 2.79. The van der Waals surface area contributed by atoms with Crippen molar-refractivity contribution in [2.75, 3.05) is 6.54 Å². The Morgan fingerprint density at radius 2 is 1.59 bits per heavy atom. The van der Waals surface area contributed by atoms with Gasteiger partial charge in [-0.1, -0.05) is 39.0 Å². The van der Waals surface area contributed by atoms with Crippen LogP contribution in [0.4, 0.5) is 0 Å². The Kier molecular flexibility index (Phi) is 3.76. The molecule has 3 N–H and O–H groups in total. The van der Waals surface area contributed by atoms with Crippen molar-refractivity contribution in [3.8, 4) is 0 Å². The zero-order chi connectivity index (χ0) is 12.4. The van der Waals surface area contributed by atoms with E-state index in [0.717, 1.165) is 25.7 Å². The molecular weight excluding hydrogens is 212 g/mol. The van der Waals surface area contributed by atoms with Crippen LogP contribution < -0.4 is 11.1 Å². The highest BCUT2D eigenvalue weighted by Gasteiger charge is 2.40. The molecule has 0 saturated heterocycles. The summed E-state index contributed by atoms with van der Waals surface area (Å²) in [5.74, 6) is 0.254. The molecule has 0 unspecified atom stereocenters. The maximum absolute atomic E-state index is 12.5. The fourth-order valence-electron chi connectivity index (χ4n) is 3.38. The van der Waals surface area contributed by atoms with E-state index >= 15 is 0 Å². The third kappa shape index (κ3) is 2.65. The maximum atomic E-state index is 12.5. The lowest BCUT2D eigenvalue weighted by atomic mass is 9.74. The first kappa shape index (κ1) is 12.9. The van der Waals surface area contributed by atoms with Gasteiger partial charge in [0.15, 0.2) is 0 Å². The smallest absolute Gasteiger partial charge is 0.226 e. The maximum Gasteiger partial charge on any atom is 0.226 e. The van der Waals surface area contributed by atoms with E-state index in [1.165, 1.54) is 32.1 Å². The van der Waals surface area contributed by atoms with Crippen LogP contribution in [0, 0.1) is 5.41 Å². The van der Waals surface area contributed by atoms with E-state index < -0.39 is 0 Å². The Balaban J connectivity index is 1.99. The molecule has 98 valence electrons. The number of hydrogen-bond acceptors (Lipinski definition) is 2. The Morgan fingerprint density at radius 1 is 1.06 bits per heavy atom. The van der Waals surface area contributed by atoms with E-state index in [9.17, 15) is 4.79 Å². The number of hydrogen-bond donors (Lipinski definition) is 2. The standard InChI is InChI=1S/C14H26N2O/c1-13(7-3-2-4-8-13)12(17)16-14(11-15)9-5-6-10-14/h2-11,15H2,1H3,(H,16,17). The Hall–Kier alpha value is -0.570. The summed E-state index contributed by atoms with van der Waals surface area (Å²) in [7, 11) is 0. The highest BCUT2D eigenvalue weighted by molar-refractivity contribution is 5.83. The lowest BCUT2D eigenvalue weighted by molar-refractivity contribution is -0.133. The summed E-state index contributed by atoms with van der Waals surface area (Å²) in [4.78, 5) is 12.5. The van der Waals surface area contributed by atoms with E-state index in [0.29, 0.717) is 6.54 Å². The minimum atomic E-state index is -0.136. The first-order valence-corrected chi connectivity index (χ1v) is 7.13. The van der Waals surface area contributed by atoms with Gasteiger partial charge in [0.05, 0.1) is 5.54 Å². The van der Waals surface area contributed by atoms with E-state index in [1.807, 2.05) is 0 Å². The zero-order valence-corrected chi connectivity index (χ0v) is 11.1. The SMILES string of the molecule is CC1(C(=O)NC2(CN)CCCC2)CCCCC1. The molecule has 2 aliphatic rings. The highest BCUT2D eigenvalue weighted by Crippen LogP contribution is 2.37. The molecule has 0 radical (unpaired) electrons. The highest BCUT2D eigenvalue weighted by atomic mass is 16.2. The zero-order valence-electron chi connectivity index (χ0n) is 11.1. The Labute approximate surface area is 105 Å². The molecule has 0 aliphatic heterocycles. The second kappa shape index (κ2) is 4.97. The monoisotopic (exact) mass is 238 g/mol. The van der Waals surface area contributed by atoms with Crippen LogP contribution in [0.25, 0.3) is 0 Å². The van der Waals surface area contributed by atoms with Crippen molar-refractivity contribution in [3.05, 3.63) is 0 Å². The molecule has 3 heteroatoms. The van der Waals surface area contributed by atoms with Gasteiger partial charge >= 0.3 is 0 Å². The van der Waals surface area contributed by atoms with Crippen molar-refractivity contribution in [3.63, 3.8) is 0 Å². The van der Waals surface area contributed by atoms with Crippen LogP contribution in [-0.2, 0) is 4.79 Å². The predicted octanol–water partition coefficient (Wildman–Crippen LogP) is 2.34. The topological polar surface area (TPSA) is 55.1 Å². The molecule has 2 aliphatic carbocycles. The van der Waals surface area contributed by atoms with Gasteiger partial charge in [-0.3, -0.25) is 4.79 Å². The molecule has 17 heavy (non-hydrogen) atoms. The van der Waals surface area contributed by atoms with Gasteiger partial charge in [-0.25, -0.2) is 0 Å². The minimum absolute atomic E-state index is 0.0858. The van der Waals surface area contributed by atoms with Gasteiger partial charge in [-0.15, -0.1) is 0 Å². The van der Waals surface area contributed by atoms with Crippen LogP contribution in [0.15, 0.2) is 0 Å². The number of amides is 1. The first-order chi connectivity index (χ1) is 8.10. The third-order valence-corrected chi connectivity index (χ3v) is 4.84. The number of rotatable bonds is 3. The lowest BCUT2D eigenvalue weighted by Crippen LogP contribution is -2.55. The van der Waals surface area contributed by atoms with Crippen molar-refractivity contribution in [2.24, 2.45) is 11.1 Å². The normalized spacial score (nSPS) is 26.7. The van der Waals surface area contributed by atoms with Crippen LogP contribution in [-0.4, -0.2) is 18.0 Å². The van der Waals surface area contributed by atoms with Crippen LogP contribution in [0.2, 0.25) is 0 Å². The summed E-state index contributed by atoms with van der Waals surface area (Å²) in [6.45, 7) is 2.72. The second-order valence-corrected chi connectivity index (χ2v) is 6.27. The van der Waals surface area contributed by atoms with Gasteiger partial charge in [0, 0.05) is 12.0 Å². The second-order valence-electron chi connectivity index (χ2n) is 6.27. The number of nitrogens with one attached hydrogen (secondary N) is 1.